The number of aromatic nitrogens is 2. The maximum absolute atomic E-state index is 12.5. The summed E-state index contributed by atoms with van der Waals surface area (Å²) in [4.78, 5) is 16.5. The molecule has 0 aliphatic heterocycles. The standard InChI is InChI=1S/C16H15Cl2N3O4/c1-24-14-6-19-12(5-13(14)25-9-3-2-4-9)16(22)20-15-10(17)7-21(23)8-11(15)18/h5-9H,2-4H2,1H3,(H,20,22). The molecule has 2 heterocycles. The first-order valence-electron chi connectivity index (χ1n) is 7.57. The van der Waals surface area contributed by atoms with E-state index in [9.17, 15) is 10.0 Å². The van der Waals surface area contributed by atoms with Gasteiger partial charge in [-0.1, -0.05) is 23.2 Å². The van der Waals surface area contributed by atoms with Gasteiger partial charge in [-0.05, 0) is 19.3 Å². The Morgan fingerprint density at radius 3 is 2.56 bits per heavy atom. The molecule has 1 N–H and O–H groups in total. The molecule has 7 nitrogen and oxygen atoms in total. The van der Waals surface area contributed by atoms with Crippen molar-refractivity contribution in [1.82, 2.24) is 4.98 Å². The van der Waals surface area contributed by atoms with E-state index < -0.39 is 5.91 Å². The first-order chi connectivity index (χ1) is 12.0. The predicted octanol–water partition coefficient (Wildman–Crippen LogP) is 3.21. The number of methoxy groups -OCH3 is 1. The van der Waals surface area contributed by atoms with Gasteiger partial charge in [0.05, 0.1) is 25.1 Å². The summed E-state index contributed by atoms with van der Waals surface area (Å²) in [6.07, 6.45) is 6.79. The summed E-state index contributed by atoms with van der Waals surface area (Å²) in [5.41, 5.74) is 0.251. The number of halogens is 2. The van der Waals surface area contributed by atoms with E-state index in [0.29, 0.717) is 16.2 Å². The van der Waals surface area contributed by atoms with Gasteiger partial charge in [0.1, 0.15) is 15.7 Å². The minimum atomic E-state index is -0.534. The maximum Gasteiger partial charge on any atom is 0.274 e. The molecular formula is C16H15Cl2N3O4. The van der Waals surface area contributed by atoms with Crippen LogP contribution in [-0.2, 0) is 0 Å². The zero-order valence-corrected chi connectivity index (χ0v) is 14.8. The molecule has 2 aromatic heterocycles. The monoisotopic (exact) mass is 383 g/mol. The van der Waals surface area contributed by atoms with E-state index in [1.54, 1.807) is 0 Å². The number of nitrogens with one attached hydrogen (secondary N) is 1. The summed E-state index contributed by atoms with van der Waals surface area (Å²) in [6, 6.07) is 1.50. The van der Waals surface area contributed by atoms with Gasteiger partial charge in [0.2, 0.25) is 12.4 Å². The van der Waals surface area contributed by atoms with Crippen LogP contribution in [0.5, 0.6) is 11.5 Å². The van der Waals surface area contributed by atoms with Gasteiger partial charge in [-0.3, -0.25) is 4.79 Å². The highest BCUT2D eigenvalue weighted by Gasteiger charge is 2.23. The highest BCUT2D eigenvalue weighted by Crippen LogP contribution is 2.33. The second kappa shape index (κ2) is 7.33. The van der Waals surface area contributed by atoms with Crippen LogP contribution >= 0.6 is 23.2 Å². The van der Waals surface area contributed by atoms with Crippen LogP contribution < -0.4 is 19.5 Å². The normalized spacial score (nSPS) is 13.9. The van der Waals surface area contributed by atoms with Crippen molar-refractivity contribution in [3.05, 3.63) is 45.6 Å². The van der Waals surface area contributed by atoms with E-state index in [1.165, 1.54) is 19.4 Å². The van der Waals surface area contributed by atoms with E-state index in [-0.39, 0.29) is 27.5 Å². The number of ether oxygens (including phenoxy) is 2. The quantitative estimate of drug-likeness (QED) is 0.632. The molecular weight excluding hydrogens is 369 g/mol. The molecule has 1 aliphatic rings. The van der Waals surface area contributed by atoms with Crippen molar-refractivity contribution >= 4 is 34.8 Å². The number of carbonyl (C=O) groups is 1. The molecule has 3 rings (SSSR count). The second-order valence-corrected chi connectivity index (χ2v) is 6.35. The van der Waals surface area contributed by atoms with Crippen LogP contribution in [0.25, 0.3) is 0 Å². The molecule has 0 bridgehead atoms. The molecule has 2 aromatic rings. The van der Waals surface area contributed by atoms with E-state index in [4.69, 9.17) is 32.7 Å². The Morgan fingerprint density at radius 2 is 2.00 bits per heavy atom. The highest BCUT2D eigenvalue weighted by atomic mass is 35.5. The van der Waals surface area contributed by atoms with Crippen LogP contribution in [0.3, 0.4) is 0 Å². The third-order valence-corrected chi connectivity index (χ3v) is 4.40. The first kappa shape index (κ1) is 17.6. The van der Waals surface area contributed by atoms with Gasteiger partial charge in [0, 0.05) is 6.07 Å². The SMILES string of the molecule is COc1cnc(C(=O)Nc2c(Cl)c[n+]([O-])cc2Cl)cc1OC1CCC1. The summed E-state index contributed by atoms with van der Waals surface area (Å²) in [5, 5.41) is 13.9. The van der Waals surface area contributed by atoms with Gasteiger partial charge in [-0.15, -0.1) is 0 Å². The number of pyridine rings is 2. The van der Waals surface area contributed by atoms with Gasteiger partial charge < -0.3 is 20.0 Å². The largest absolute Gasteiger partial charge is 0.619 e. The zero-order chi connectivity index (χ0) is 18.0. The summed E-state index contributed by atoms with van der Waals surface area (Å²) in [5.74, 6) is 0.371. The predicted molar refractivity (Wildman–Crippen MR) is 92.4 cm³/mol. The van der Waals surface area contributed by atoms with Crippen LogP contribution in [0.2, 0.25) is 10.0 Å². The minimum Gasteiger partial charge on any atom is -0.619 e. The maximum atomic E-state index is 12.5. The number of amides is 1. The summed E-state index contributed by atoms with van der Waals surface area (Å²) >= 11 is 11.9. The van der Waals surface area contributed by atoms with Crippen LogP contribution in [0.15, 0.2) is 24.7 Å². The molecule has 25 heavy (non-hydrogen) atoms. The van der Waals surface area contributed by atoms with E-state index in [2.05, 4.69) is 10.3 Å². The molecule has 0 unspecified atom stereocenters. The Balaban J connectivity index is 1.83. The lowest BCUT2D eigenvalue weighted by Crippen LogP contribution is -2.26. The lowest BCUT2D eigenvalue weighted by Gasteiger charge is -2.27. The highest BCUT2D eigenvalue weighted by molar-refractivity contribution is 6.39. The molecule has 1 saturated carbocycles. The summed E-state index contributed by atoms with van der Waals surface area (Å²) in [6.45, 7) is 0. The van der Waals surface area contributed by atoms with Crippen LogP contribution in [0.1, 0.15) is 29.8 Å². The molecule has 0 spiro atoms. The Kier molecular flexibility index (Phi) is 5.15. The third kappa shape index (κ3) is 3.88. The number of nitrogens with zero attached hydrogens (tertiary/aromatic N) is 2. The topological polar surface area (TPSA) is 87.4 Å². The van der Waals surface area contributed by atoms with Gasteiger partial charge in [-0.2, -0.15) is 4.73 Å². The number of hydrogen-bond donors (Lipinski definition) is 1. The van der Waals surface area contributed by atoms with E-state index in [1.807, 2.05) is 0 Å². The van der Waals surface area contributed by atoms with E-state index >= 15 is 0 Å². The van der Waals surface area contributed by atoms with Crippen molar-refractivity contribution in [2.45, 2.75) is 25.4 Å². The van der Waals surface area contributed by atoms with Crippen molar-refractivity contribution in [3.8, 4) is 11.5 Å². The third-order valence-electron chi connectivity index (χ3n) is 3.83. The molecule has 9 heteroatoms. The first-order valence-corrected chi connectivity index (χ1v) is 8.33. The Hall–Kier alpha value is -2.25. The van der Waals surface area contributed by atoms with Crippen molar-refractivity contribution in [2.75, 3.05) is 12.4 Å². The molecule has 0 atom stereocenters. The van der Waals surface area contributed by atoms with Crippen molar-refractivity contribution < 1.29 is 19.0 Å². The fourth-order valence-corrected chi connectivity index (χ4v) is 2.80. The zero-order valence-electron chi connectivity index (χ0n) is 13.3. The number of rotatable bonds is 5. The number of hydrogen-bond acceptors (Lipinski definition) is 5. The molecule has 0 radical (unpaired) electrons. The lowest BCUT2D eigenvalue weighted by atomic mass is 9.96. The fourth-order valence-electron chi connectivity index (χ4n) is 2.26. The molecule has 1 fully saturated rings. The average molecular weight is 384 g/mol. The molecule has 1 amide bonds. The fraction of sp³-hybridized carbons (Fsp3) is 0.312. The van der Waals surface area contributed by atoms with Gasteiger partial charge in [0.25, 0.3) is 5.91 Å². The van der Waals surface area contributed by atoms with Crippen LogP contribution in [-0.4, -0.2) is 24.1 Å². The van der Waals surface area contributed by atoms with E-state index in [0.717, 1.165) is 31.7 Å². The van der Waals surface area contributed by atoms with Crippen molar-refractivity contribution in [2.24, 2.45) is 0 Å². The molecule has 132 valence electrons. The average Bonchev–Trinajstić information content (AvgIpc) is 2.53. The Bertz CT molecular complexity index is 789. The summed E-state index contributed by atoms with van der Waals surface area (Å²) < 4.78 is 11.5. The molecule has 0 saturated heterocycles. The molecule has 0 aromatic carbocycles. The minimum absolute atomic E-state index is 0.0234. The smallest absolute Gasteiger partial charge is 0.274 e. The summed E-state index contributed by atoms with van der Waals surface area (Å²) in [7, 11) is 1.51. The Labute approximate surface area is 154 Å². The lowest BCUT2D eigenvalue weighted by molar-refractivity contribution is -0.605. The molecule has 1 aliphatic carbocycles. The van der Waals surface area contributed by atoms with Crippen molar-refractivity contribution in [1.29, 1.82) is 0 Å². The number of carbonyl (C=O) groups excluding carboxylic acids is 1. The van der Waals surface area contributed by atoms with Crippen LogP contribution in [0, 0.1) is 5.21 Å². The van der Waals surface area contributed by atoms with Gasteiger partial charge >= 0.3 is 0 Å². The number of anilines is 1. The Morgan fingerprint density at radius 1 is 1.32 bits per heavy atom. The second-order valence-electron chi connectivity index (χ2n) is 5.53. The van der Waals surface area contributed by atoms with Gasteiger partial charge in [0.15, 0.2) is 11.5 Å². The van der Waals surface area contributed by atoms with Crippen molar-refractivity contribution in [3.63, 3.8) is 0 Å². The van der Waals surface area contributed by atoms with Gasteiger partial charge in [-0.25, -0.2) is 4.98 Å². The van der Waals surface area contributed by atoms with Crippen LogP contribution in [0.4, 0.5) is 5.69 Å².